The first-order valence-corrected chi connectivity index (χ1v) is 19.7. The molecule has 0 aromatic carbocycles. The topological polar surface area (TPSA) is 159 Å². The molecule has 5 rings (SSSR count). The van der Waals surface area contributed by atoms with Gasteiger partial charge in [0.25, 0.3) is 0 Å². The molecule has 4 fully saturated rings. The van der Waals surface area contributed by atoms with E-state index >= 15 is 0 Å². The number of fused-ring (bicyclic) bond motifs is 3. The van der Waals surface area contributed by atoms with E-state index in [-0.39, 0.29) is 18.1 Å². The van der Waals surface area contributed by atoms with Gasteiger partial charge in [0.2, 0.25) is 5.95 Å². The second-order valence-corrected chi connectivity index (χ2v) is 17.2. The number of cyclic esters (lactones) is 1. The molecule has 2 bridgehead atoms. The summed E-state index contributed by atoms with van der Waals surface area (Å²) < 4.78 is 34.0. The van der Waals surface area contributed by atoms with Crippen LogP contribution in [0.15, 0.2) is 18.5 Å². The summed E-state index contributed by atoms with van der Waals surface area (Å²) >= 11 is 0. The Balaban J connectivity index is 1.60. The van der Waals surface area contributed by atoms with Gasteiger partial charge in [0.15, 0.2) is 12.1 Å². The van der Waals surface area contributed by atoms with Crippen molar-refractivity contribution in [3.05, 3.63) is 18.5 Å². The molecule has 0 radical (unpaired) electrons. The fourth-order valence-electron chi connectivity index (χ4n) is 9.43. The van der Waals surface area contributed by atoms with Crippen LogP contribution >= 0.6 is 0 Å². The van der Waals surface area contributed by atoms with Crippen LogP contribution in [0.3, 0.4) is 0 Å². The van der Waals surface area contributed by atoms with E-state index < -0.39 is 77.6 Å². The highest BCUT2D eigenvalue weighted by atomic mass is 16.7. The number of nitrogens with zero attached hydrogens (tertiary/aromatic N) is 5. The first-order valence-electron chi connectivity index (χ1n) is 19.7. The highest BCUT2D eigenvalue weighted by Crippen LogP contribution is 2.48. The second kappa shape index (κ2) is 16.6. The normalized spacial score (nSPS) is 43.6. The number of aliphatic hydroxyl groups is 3. The maximum absolute atomic E-state index is 14.3. The summed E-state index contributed by atoms with van der Waals surface area (Å²) in [5, 5.41) is 35.0. The molecule has 4 aliphatic rings. The number of rotatable bonds is 5. The van der Waals surface area contributed by atoms with Crippen molar-refractivity contribution in [2.24, 2.45) is 17.8 Å². The lowest BCUT2D eigenvalue weighted by molar-refractivity contribution is -0.328. The molecule has 53 heavy (non-hydrogen) atoms. The number of carbonyl (C=O) groups is 1. The molecule has 0 saturated carbocycles. The molecule has 14 nitrogen and oxygen atoms in total. The van der Waals surface area contributed by atoms with Gasteiger partial charge in [-0.25, -0.2) is 9.97 Å². The van der Waals surface area contributed by atoms with Crippen LogP contribution in [-0.2, 0) is 28.5 Å². The Morgan fingerprint density at radius 1 is 1.06 bits per heavy atom. The maximum Gasteiger partial charge on any atom is 0.311 e. The summed E-state index contributed by atoms with van der Waals surface area (Å²) in [6.07, 6.45) is 0.237. The molecule has 3 N–H and O–H groups in total. The standard InChI is InChI=1S/C39H67N5O9/c1-12-29-38(8,48)32(46)27(6)43(11)22-23(2)21-37(7)33(51-35-30(45)28(42(9)10)20-24(3)49-35)25(4)31(26(5)34(47)50-29)52-39(53-37)14-18-44(19-15-39)36-40-16-13-17-41-36/h13,16-17,23-33,35,45-46,48H,12,14-15,18-22H2,1-11H3/t23-,24-,25+,26-,27-,28?,29-,30-,31+,32-,33-,35+,37-,38-/m1/s1. The number of piperidine rings is 1. The molecule has 0 amide bonds. The monoisotopic (exact) mass is 749 g/mol. The molecule has 1 unspecified atom stereocenters. The van der Waals surface area contributed by atoms with E-state index in [9.17, 15) is 20.1 Å². The predicted molar refractivity (Wildman–Crippen MR) is 199 cm³/mol. The molecule has 302 valence electrons. The fourth-order valence-corrected chi connectivity index (χ4v) is 9.43. The van der Waals surface area contributed by atoms with Gasteiger partial charge in [-0.1, -0.05) is 20.8 Å². The lowest BCUT2D eigenvalue weighted by Crippen LogP contribution is -2.60. The van der Waals surface area contributed by atoms with Gasteiger partial charge in [0, 0.05) is 62.9 Å². The van der Waals surface area contributed by atoms with E-state index in [2.05, 4.69) is 28.7 Å². The number of likely N-dealkylation sites (N-methyl/N-ethyl adjacent to an activating group) is 2. The largest absolute Gasteiger partial charge is 0.459 e. The number of aromatic nitrogens is 2. The molecular formula is C39H67N5O9. The van der Waals surface area contributed by atoms with Crippen LogP contribution in [0.2, 0.25) is 0 Å². The lowest BCUT2D eigenvalue weighted by atomic mass is 9.78. The minimum Gasteiger partial charge on any atom is -0.459 e. The quantitative estimate of drug-likeness (QED) is 0.378. The average Bonchev–Trinajstić information content (AvgIpc) is 3.19. The molecule has 14 heteroatoms. The molecule has 4 saturated heterocycles. The number of hydrogen-bond acceptors (Lipinski definition) is 14. The van der Waals surface area contributed by atoms with E-state index in [1.807, 2.05) is 58.6 Å². The summed E-state index contributed by atoms with van der Waals surface area (Å²) in [6, 6.07) is 1.14. The van der Waals surface area contributed by atoms with Gasteiger partial charge in [0.05, 0.1) is 29.8 Å². The van der Waals surface area contributed by atoms with Gasteiger partial charge >= 0.3 is 5.97 Å². The Hall–Kier alpha value is -2.01. The minimum absolute atomic E-state index is 0.0161. The highest BCUT2D eigenvalue weighted by Gasteiger charge is 2.58. The van der Waals surface area contributed by atoms with Crippen molar-refractivity contribution < 1.29 is 43.8 Å². The molecule has 5 heterocycles. The summed E-state index contributed by atoms with van der Waals surface area (Å²) in [5.41, 5.74) is -2.70. The predicted octanol–water partition coefficient (Wildman–Crippen LogP) is 2.82. The van der Waals surface area contributed by atoms with Crippen LogP contribution in [0.1, 0.15) is 87.5 Å². The van der Waals surface area contributed by atoms with Crippen LogP contribution in [0.25, 0.3) is 0 Å². The van der Waals surface area contributed by atoms with E-state index in [4.69, 9.17) is 23.7 Å². The molecule has 0 aliphatic carbocycles. The van der Waals surface area contributed by atoms with Crippen molar-refractivity contribution in [3.8, 4) is 0 Å². The van der Waals surface area contributed by atoms with Crippen molar-refractivity contribution in [3.63, 3.8) is 0 Å². The van der Waals surface area contributed by atoms with Crippen LogP contribution in [0, 0.1) is 17.8 Å². The zero-order chi connectivity index (χ0) is 39.0. The summed E-state index contributed by atoms with van der Waals surface area (Å²) in [4.78, 5) is 29.4. The summed E-state index contributed by atoms with van der Waals surface area (Å²) in [6.45, 7) is 16.9. The Kier molecular flexibility index (Phi) is 13.2. The maximum atomic E-state index is 14.3. The average molecular weight is 750 g/mol. The Morgan fingerprint density at radius 3 is 2.30 bits per heavy atom. The van der Waals surface area contributed by atoms with Crippen LogP contribution < -0.4 is 4.90 Å². The van der Waals surface area contributed by atoms with Gasteiger partial charge in [-0.15, -0.1) is 0 Å². The third-order valence-corrected chi connectivity index (χ3v) is 12.5. The molecule has 1 spiro atoms. The van der Waals surface area contributed by atoms with Crippen molar-refractivity contribution in [1.29, 1.82) is 0 Å². The van der Waals surface area contributed by atoms with Crippen molar-refractivity contribution in [2.45, 2.75) is 159 Å². The van der Waals surface area contributed by atoms with Gasteiger partial charge in [-0.05, 0) is 87.0 Å². The molecule has 4 aliphatic heterocycles. The zero-order valence-corrected chi connectivity index (χ0v) is 33.8. The first kappa shape index (κ1) is 42.1. The molecule has 1 aromatic rings. The van der Waals surface area contributed by atoms with E-state index in [0.717, 1.165) is 0 Å². The number of hydrogen-bond donors (Lipinski definition) is 3. The number of anilines is 1. The molecule has 14 atom stereocenters. The minimum atomic E-state index is -1.72. The Bertz CT molecular complexity index is 1350. The number of carbonyl (C=O) groups excluding carboxylic acids is 1. The molecular weight excluding hydrogens is 682 g/mol. The second-order valence-electron chi connectivity index (χ2n) is 17.2. The van der Waals surface area contributed by atoms with Crippen molar-refractivity contribution >= 4 is 11.9 Å². The van der Waals surface area contributed by atoms with E-state index in [1.54, 1.807) is 32.3 Å². The number of aliphatic hydroxyl groups excluding tert-OH is 2. The van der Waals surface area contributed by atoms with Gasteiger partial charge in [-0.3, -0.25) is 4.79 Å². The van der Waals surface area contributed by atoms with Crippen LogP contribution in [-0.4, -0.2) is 154 Å². The van der Waals surface area contributed by atoms with Gasteiger partial charge < -0.3 is 53.7 Å². The number of ether oxygens (including phenoxy) is 5. The highest BCUT2D eigenvalue weighted by molar-refractivity contribution is 5.73. The molecule has 1 aromatic heterocycles. The number of esters is 1. The Morgan fingerprint density at radius 2 is 1.70 bits per heavy atom. The smallest absolute Gasteiger partial charge is 0.311 e. The van der Waals surface area contributed by atoms with Crippen LogP contribution in [0.4, 0.5) is 5.95 Å². The zero-order valence-electron chi connectivity index (χ0n) is 33.8. The summed E-state index contributed by atoms with van der Waals surface area (Å²) in [7, 11) is 5.82. The third-order valence-electron chi connectivity index (χ3n) is 12.5. The summed E-state index contributed by atoms with van der Waals surface area (Å²) in [5.74, 6) is -2.25. The fraction of sp³-hybridized carbons (Fsp3) is 0.872. The first-order chi connectivity index (χ1) is 24.8. The third kappa shape index (κ3) is 8.86. The van der Waals surface area contributed by atoms with Gasteiger partial charge in [0.1, 0.15) is 23.9 Å². The van der Waals surface area contributed by atoms with E-state index in [0.29, 0.717) is 57.7 Å². The lowest BCUT2D eigenvalue weighted by Gasteiger charge is -2.49. The van der Waals surface area contributed by atoms with E-state index in [1.165, 1.54) is 0 Å². The van der Waals surface area contributed by atoms with Crippen molar-refractivity contribution in [1.82, 2.24) is 19.8 Å². The van der Waals surface area contributed by atoms with Gasteiger partial charge in [-0.2, -0.15) is 0 Å². The van der Waals surface area contributed by atoms with Crippen molar-refractivity contribution in [2.75, 3.05) is 45.7 Å². The SMILES string of the molecule is CC[C@H]1OC(=O)[C@H](C)[C@H]2OC3(CCN(c4ncccn4)CC3)O[C@](C)(C[C@@H](C)CN(C)[C@H](C)[C@@H](O)[C@]1(C)O)[C@H](O[C@@H]1O[C@H](C)CC(N(C)C)[C@H]1O)[C@H]2C. The Labute approximate surface area is 316 Å². The van der Waals surface area contributed by atoms with Crippen LogP contribution in [0.5, 0.6) is 0 Å².